The molecule has 2 nitrogen and oxygen atoms in total. The van der Waals surface area contributed by atoms with Crippen molar-refractivity contribution in [2.75, 3.05) is 0 Å². The fourth-order valence-electron chi connectivity index (χ4n) is 0. The zero-order chi connectivity index (χ0) is 6.08. The largest absolute Gasteiger partial charge is 2.00 e. The molecule has 0 bridgehead atoms. The van der Waals surface area contributed by atoms with Crippen LogP contribution >= 0.6 is 34.8 Å². The normalized spacial score (nSPS) is 11.2. The number of alkyl halides is 3. The fourth-order valence-corrected chi connectivity index (χ4v) is 0. The molecule has 6 heteroatoms. The molecule has 2 N–H and O–H groups in total. The second kappa shape index (κ2) is 4.26. The quantitative estimate of drug-likeness (QED) is 0.384. The van der Waals surface area contributed by atoms with Crippen molar-refractivity contribution in [2.45, 2.75) is 10.1 Å². The molecule has 0 saturated heterocycles. The summed E-state index contributed by atoms with van der Waals surface area (Å²) >= 11 is 14.7. The Kier molecular flexibility index (Phi) is 6.46. The van der Waals surface area contributed by atoms with Gasteiger partial charge < -0.3 is 10.2 Å². The van der Waals surface area contributed by atoms with Crippen molar-refractivity contribution in [3.8, 4) is 0 Å². The standard InChI is InChI=1S/C2H3Cl3O2.Ru/c3-2(4,5)1(6)7;/h1,6-7H;/q;+2. The molecule has 0 atom stereocenters. The zero-order valence-electron chi connectivity index (χ0n) is 3.46. The van der Waals surface area contributed by atoms with Gasteiger partial charge in [0.1, 0.15) is 0 Å². The van der Waals surface area contributed by atoms with E-state index < -0.39 is 10.1 Å². The first-order valence-electron chi connectivity index (χ1n) is 1.37. The Morgan fingerprint density at radius 2 is 1.25 bits per heavy atom. The van der Waals surface area contributed by atoms with E-state index in [0.29, 0.717) is 0 Å². The van der Waals surface area contributed by atoms with Crippen molar-refractivity contribution in [1.82, 2.24) is 0 Å². The number of halogens is 3. The van der Waals surface area contributed by atoms with Gasteiger partial charge in [-0.1, -0.05) is 34.8 Å². The van der Waals surface area contributed by atoms with Crippen molar-refractivity contribution < 1.29 is 29.7 Å². The third kappa shape index (κ3) is 5.55. The second-order valence-corrected chi connectivity index (χ2v) is 3.28. The van der Waals surface area contributed by atoms with Crippen LogP contribution in [0.4, 0.5) is 0 Å². The van der Waals surface area contributed by atoms with Gasteiger partial charge in [-0.15, -0.1) is 0 Å². The minimum Gasteiger partial charge on any atom is -0.365 e. The van der Waals surface area contributed by atoms with Crippen molar-refractivity contribution in [2.24, 2.45) is 0 Å². The van der Waals surface area contributed by atoms with Crippen LogP contribution in [0.5, 0.6) is 0 Å². The van der Waals surface area contributed by atoms with Crippen molar-refractivity contribution in [1.29, 1.82) is 0 Å². The topological polar surface area (TPSA) is 40.5 Å². The van der Waals surface area contributed by atoms with Gasteiger partial charge in [0.15, 0.2) is 6.29 Å². The van der Waals surface area contributed by atoms with Gasteiger partial charge in [0, 0.05) is 0 Å². The Bertz CT molecular complexity index is 60.8. The Balaban J connectivity index is 0. The van der Waals surface area contributed by atoms with Crippen molar-refractivity contribution in [3.05, 3.63) is 0 Å². The molecule has 0 amide bonds. The minimum absolute atomic E-state index is 0. The SMILES string of the molecule is OC(O)C(Cl)(Cl)Cl.[Ru+2]. The van der Waals surface area contributed by atoms with Crippen molar-refractivity contribution in [3.63, 3.8) is 0 Å². The molecule has 0 saturated carbocycles. The van der Waals surface area contributed by atoms with Gasteiger partial charge in [0.05, 0.1) is 0 Å². The van der Waals surface area contributed by atoms with Crippen LogP contribution in [0.3, 0.4) is 0 Å². The first-order chi connectivity index (χ1) is 2.94. The van der Waals surface area contributed by atoms with E-state index in [-0.39, 0.29) is 19.5 Å². The van der Waals surface area contributed by atoms with Gasteiger partial charge in [-0.2, -0.15) is 0 Å². The predicted molar refractivity (Wildman–Crippen MR) is 28.5 cm³/mol. The van der Waals surface area contributed by atoms with Crippen molar-refractivity contribution >= 4 is 34.8 Å². The number of hydrogen-bond donors (Lipinski definition) is 2. The van der Waals surface area contributed by atoms with Crippen LogP contribution in [-0.4, -0.2) is 20.3 Å². The van der Waals surface area contributed by atoms with Gasteiger partial charge in [0.25, 0.3) is 0 Å². The summed E-state index contributed by atoms with van der Waals surface area (Å²) in [6.45, 7) is 0. The molecule has 0 aliphatic heterocycles. The van der Waals surface area contributed by atoms with E-state index in [4.69, 9.17) is 45.0 Å². The van der Waals surface area contributed by atoms with Gasteiger partial charge in [0.2, 0.25) is 3.79 Å². The summed E-state index contributed by atoms with van der Waals surface area (Å²) in [5.74, 6) is 0. The molecule has 8 heavy (non-hydrogen) atoms. The summed E-state index contributed by atoms with van der Waals surface area (Å²) < 4.78 is -1.97. The summed E-state index contributed by atoms with van der Waals surface area (Å²) in [6.07, 6.45) is -1.91. The van der Waals surface area contributed by atoms with Crippen LogP contribution < -0.4 is 0 Å². The van der Waals surface area contributed by atoms with Crippen LogP contribution in [0.15, 0.2) is 0 Å². The third-order valence-electron chi connectivity index (χ3n) is 0.293. The minimum atomic E-state index is -1.97. The smallest absolute Gasteiger partial charge is 0.365 e. The summed E-state index contributed by atoms with van der Waals surface area (Å²) in [7, 11) is 0. The molecule has 0 fully saturated rings. The predicted octanol–water partition coefficient (Wildman–Crippen LogP) is 0.665. The Labute approximate surface area is 74.5 Å². The number of aliphatic hydroxyl groups excluding tert-OH is 1. The molecule has 0 aromatic heterocycles. The van der Waals surface area contributed by atoms with E-state index in [2.05, 4.69) is 0 Å². The summed E-state index contributed by atoms with van der Waals surface area (Å²) in [5, 5.41) is 16.1. The van der Waals surface area contributed by atoms with Gasteiger partial charge >= 0.3 is 19.5 Å². The van der Waals surface area contributed by atoms with E-state index in [9.17, 15) is 0 Å². The first-order valence-corrected chi connectivity index (χ1v) is 2.51. The molecule has 0 unspecified atom stereocenters. The number of aliphatic hydroxyl groups is 2. The van der Waals surface area contributed by atoms with Gasteiger partial charge in [-0.3, -0.25) is 0 Å². The van der Waals surface area contributed by atoms with Crippen LogP contribution in [-0.2, 0) is 19.5 Å². The average molecular weight is 266 g/mol. The van der Waals surface area contributed by atoms with Gasteiger partial charge in [-0.05, 0) is 0 Å². The molecular formula is C2H3Cl3O2Ru+2. The van der Waals surface area contributed by atoms with Crippen LogP contribution in [0, 0.1) is 0 Å². The van der Waals surface area contributed by atoms with E-state index in [0.717, 1.165) is 0 Å². The number of rotatable bonds is 0. The maximum Gasteiger partial charge on any atom is 2.00 e. The molecule has 0 aromatic rings. The molecular weight excluding hydrogens is 263 g/mol. The van der Waals surface area contributed by atoms with Crippen LogP contribution in [0.25, 0.3) is 0 Å². The number of hydrogen-bond acceptors (Lipinski definition) is 2. The monoisotopic (exact) mass is 266 g/mol. The van der Waals surface area contributed by atoms with Crippen LogP contribution in [0.1, 0.15) is 0 Å². The maximum absolute atomic E-state index is 8.05. The van der Waals surface area contributed by atoms with Crippen LogP contribution in [0.2, 0.25) is 0 Å². The molecule has 0 radical (unpaired) electrons. The first kappa shape index (κ1) is 12.1. The Hall–Kier alpha value is 1.41. The third-order valence-corrected chi connectivity index (χ3v) is 0.878. The molecule has 0 aliphatic carbocycles. The molecule has 50 valence electrons. The maximum atomic E-state index is 8.05. The van der Waals surface area contributed by atoms with E-state index in [1.807, 2.05) is 0 Å². The molecule has 0 heterocycles. The van der Waals surface area contributed by atoms with E-state index in [1.54, 1.807) is 0 Å². The Morgan fingerprint density at radius 3 is 1.25 bits per heavy atom. The van der Waals surface area contributed by atoms with E-state index in [1.165, 1.54) is 0 Å². The van der Waals surface area contributed by atoms with E-state index >= 15 is 0 Å². The fraction of sp³-hybridized carbons (Fsp3) is 1.00. The second-order valence-electron chi connectivity index (χ2n) is 0.915. The molecule has 0 aliphatic rings. The summed E-state index contributed by atoms with van der Waals surface area (Å²) in [4.78, 5) is 0. The zero-order valence-corrected chi connectivity index (χ0v) is 7.47. The average Bonchev–Trinajstić information content (AvgIpc) is 1.31. The summed E-state index contributed by atoms with van der Waals surface area (Å²) in [6, 6.07) is 0. The summed E-state index contributed by atoms with van der Waals surface area (Å²) in [5.41, 5.74) is 0. The molecule has 0 aromatic carbocycles. The molecule has 0 rings (SSSR count). The molecule has 0 spiro atoms. The Morgan fingerprint density at radius 1 is 1.12 bits per heavy atom. The van der Waals surface area contributed by atoms with Gasteiger partial charge in [-0.25, -0.2) is 0 Å².